The van der Waals surface area contributed by atoms with Gasteiger partial charge in [-0.3, -0.25) is 24.7 Å². The predicted octanol–water partition coefficient (Wildman–Crippen LogP) is 4.71. The molecule has 0 spiro atoms. The van der Waals surface area contributed by atoms with E-state index >= 15 is 0 Å². The van der Waals surface area contributed by atoms with Crippen molar-refractivity contribution in [1.29, 1.82) is 0 Å². The van der Waals surface area contributed by atoms with Crippen molar-refractivity contribution in [3.8, 4) is 0 Å². The molecule has 0 unspecified atom stereocenters. The molecule has 2 N–H and O–H groups in total. The SMILES string of the molecule is CCCCCCNC(=O)[C@@H]1CCCN(C(=O)c2ccc(N[C@H](C)c3ccccn3)c([N+](=O)[O-])c2)C1. The van der Waals surface area contributed by atoms with E-state index in [0.29, 0.717) is 25.3 Å². The summed E-state index contributed by atoms with van der Waals surface area (Å²) in [6.45, 7) is 5.52. The normalized spacial score (nSPS) is 16.4. The van der Waals surface area contributed by atoms with Crippen molar-refractivity contribution >= 4 is 23.2 Å². The molecule has 9 heteroatoms. The molecule has 0 saturated carbocycles. The van der Waals surface area contributed by atoms with E-state index in [0.717, 1.165) is 44.2 Å². The van der Waals surface area contributed by atoms with E-state index in [4.69, 9.17) is 0 Å². The number of rotatable bonds is 11. The van der Waals surface area contributed by atoms with Crippen LogP contribution in [0.25, 0.3) is 0 Å². The zero-order valence-electron chi connectivity index (χ0n) is 20.5. The fraction of sp³-hybridized carbons (Fsp3) is 0.500. The highest BCUT2D eigenvalue weighted by atomic mass is 16.6. The molecule has 0 radical (unpaired) electrons. The van der Waals surface area contributed by atoms with Gasteiger partial charge in [-0.05, 0) is 50.5 Å². The Bertz CT molecular complexity index is 1010. The molecule has 1 saturated heterocycles. The number of nitro benzene ring substituents is 1. The van der Waals surface area contributed by atoms with Gasteiger partial charge in [-0.1, -0.05) is 32.3 Å². The van der Waals surface area contributed by atoms with Crippen molar-refractivity contribution in [2.75, 3.05) is 25.0 Å². The van der Waals surface area contributed by atoms with Crippen molar-refractivity contribution in [1.82, 2.24) is 15.2 Å². The Balaban J connectivity index is 1.65. The summed E-state index contributed by atoms with van der Waals surface area (Å²) in [5, 5.41) is 17.9. The van der Waals surface area contributed by atoms with Gasteiger partial charge in [0, 0.05) is 37.5 Å². The monoisotopic (exact) mass is 481 g/mol. The van der Waals surface area contributed by atoms with Crippen LogP contribution in [-0.4, -0.2) is 46.3 Å². The number of amides is 2. The molecule has 2 amide bonds. The van der Waals surface area contributed by atoms with Gasteiger partial charge in [0.15, 0.2) is 0 Å². The summed E-state index contributed by atoms with van der Waals surface area (Å²) in [6.07, 6.45) is 7.48. The second-order valence-corrected chi connectivity index (χ2v) is 9.05. The van der Waals surface area contributed by atoms with Crippen LogP contribution >= 0.6 is 0 Å². The van der Waals surface area contributed by atoms with E-state index in [1.54, 1.807) is 23.2 Å². The second-order valence-electron chi connectivity index (χ2n) is 9.05. The summed E-state index contributed by atoms with van der Waals surface area (Å²) in [7, 11) is 0. The van der Waals surface area contributed by atoms with Gasteiger partial charge in [-0.2, -0.15) is 0 Å². The zero-order valence-corrected chi connectivity index (χ0v) is 20.5. The zero-order chi connectivity index (χ0) is 25.2. The molecular weight excluding hydrogens is 446 g/mol. The lowest BCUT2D eigenvalue weighted by atomic mass is 9.96. The number of hydrogen-bond donors (Lipinski definition) is 2. The number of carbonyl (C=O) groups is 2. The number of benzene rings is 1. The number of unbranched alkanes of at least 4 members (excludes halogenated alkanes) is 3. The minimum absolute atomic E-state index is 0.0203. The third-order valence-electron chi connectivity index (χ3n) is 6.35. The molecule has 0 aliphatic carbocycles. The molecule has 0 bridgehead atoms. The molecule has 1 fully saturated rings. The number of pyridine rings is 1. The maximum atomic E-state index is 13.2. The Morgan fingerprint density at radius 3 is 2.77 bits per heavy atom. The summed E-state index contributed by atoms with van der Waals surface area (Å²) in [5.74, 6) is -0.570. The van der Waals surface area contributed by atoms with Gasteiger partial charge in [0.05, 0.1) is 22.6 Å². The molecule has 35 heavy (non-hydrogen) atoms. The summed E-state index contributed by atoms with van der Waals surface area (Å²) in [6, 6.07) is 9.73. The van der Waals surface area contributed by atoms with E-state index in [-0.39, 0.29) is 35.0 Å². The van der Waals surface area contributed by atoms with Crippen LogP contribution in [0.1, 0.15) is 74.5 Å². The maximum absolute atomic E-state index is 13.2. The molecule has 1 aromatic heterocycles. The first-order chi connectivity index (χ1) is 16.9. The molecule has 1 aromatic carbocycles. The molecule has 9 nitrogen and oxygen atoms in total. The van der Waals surface area contributed by atoms with E-state index in [2.05, 4.69) is 22.5 Å². The number of anilines is 1. The van der Waals surface area contributed by atoms with Gasteiger partial charge in [0.1, 0.15) is 5.69 Å². The predicted molar refractivity (Wildman–Crippen MR) is 135 cm³/mol. The largest absolute Gasteiger partial charge is 0.371 e. The summed E-state index contributed by atoms with van der Waals surface area (Å²) in [4.78, 5) is 43.0. The highest BCUT2D eigenvalue weighted by Crippen LogP contribution is 2.30. The fourth-order valence-electron chi connectivity index (χ4n) is 4.34. The van der Waals surface area contributed by atoms with Gasteiger partial charge in [0.2, 0.25) is 5.91 Å². The Kier molecular flexibility index (Phi) is 9.57. The summed E-state index contributed by atoms with van der Waals surface area (Å²) in [5.41, 5.74) is 1.15. The lowest BCUT2D eigenvalue weighted by Gasteiger charge is -2.32. The molecule has 1 aliphatic heterocycles. The lowest BCUT2D eigenvalue weighted by Crippen LogP contribution is -2.45. The van der Waals surface area contributed by atoms with E-state index in [1.807, 2.05) is 25.1 Å². The van der Waals surface area contributed by atoms with Gasteiger partial charge in [-0.25, -0.2) is 0 Å². The van der Waals surface area contributed by atoms with Crippen LogP contribution in [0.15, 0.2) is 42.6 Å². The number of nitrogens with one attached hydrogen (secondary N) is 2. The first-order valence-corrected chi connectivity index (χ1v) is 12.4. The van der Waals surface area contributed by atoms with Crippen molar-refractivity contribution in [2.24, 2.45) is 5.92 Å². The third-order valence-corrected chi connectivity index (χ3v) is 6.35. The smallest absolute Gasteiger partial charge is 0.293 e. The van der Waals surface area contributed by atoms with E-state index in [1.165, 1.54) is 6.07 Å². The van der Waals surface area contributed by atoms with Gasteiger partial charge in [0.25, 0.3) is 11.6 Å². The lowest BCUT2D eigenvalue weighted by molar-refractivity contribution is -0.384. The third kappa shape index (κ3) is 7.24. The van der Waals surface area contributed by atoms with Crippen LogP contribution in [0.3, 0.4) is 0 Å². The molecule has 2 heterocycles. The number of piperidine rings is 1. The van der Waals surface area contributed by atoms with Crippen molar-refractivity contribution < 1.29 is 14.5 Å². The van der Waals surface area contributed by atoms with E-state index in [9.17, 15) is 19.7 Å². The standard InChI is InChI=1S/C26H35N5O4/c1-3-4-5-7-15-28-25(32)21-10-9-16-30(18-21)26(33)20-12-13-23(24(17-20)31(34)35)29-19(2)22-11-6-8-14-27-22/h6,8,11-14,17,19,21,29H,3-5,7,9-10,15-16,18H2,1-2H3,(H,28,32)/t19-,21-/m1/s1. The van der Waals surface area contributed by atoms with Gasteiger partial charge >= 0.3 is 0 Å². The number of likely N-dealkylation sites (tertiary alicyclic amines) is 1. The first-order valence-electron chi connectivity index (χ1n) is 12.4. The number of carbonyl (C=O) groups excluding carboxylic acids is 2. The Hall–Kier alpha value is -3.49. The summed E-state index contributed by atoms with van der Waals surface area (Å²) < 4.78 is 0. The molecular formula is C26H35N5O4. The first kappa shape index (κ1) is 26.1. The van der Waals surface area contributed by atoms with Crippen molar-refractivity contribution in [2.45, 2.75) is 58.4 Å². The van der Waals surface area contributed by atoms with Gasteiger partial charge < -0.3 is 15.5 Å². The second kappa shape index (κ2) is 12.8. The van der Waals surface area contributed by atoms with Gasteiger partial charge in [-0.15, -0.1) is 0 Å². The highest BCUT2D eigenvalue weighted by Gasteiger charge is 2.30. The number of nitro groups is 1. The average molecular weight is 482 g/mol. The molecule has 2 atom stereocenters. The highest BCUT2D eigenvalue weighted by molar-refractivity contribution is 5.96. The Labute approximate surface area is 206 Å². The van der Waals surface area contributed by atoms with Crippen molar-refractivity contribution in [3.05, 3.63) is 64.0 Å². The Morgan fingerprint density at radius 2 is 2.06 bits per heavy atom. The quantitative estimate of drug-likeness (QED) is 0.273. The molecule has 3 rings (SSSR count). The van der Waals surface area contributed by atoms with Crippen LogP contribution in [0.2, 0.25) is 0 Å². The molecule has 2 aromatic rings. The van der Waals surface area contributed by atoms with Crippen LogP contribution in [0, 0.1) is 16.0 Å². The number of aromatic nitrogens is 1. The molecule has 188 valence electrons. The minimum atomic E-state index is -0.491. The van der Waals surface area contributed by atoms with E-state index < -0.39 is 4.92 Å². The Morgan fingerprint density at radius 1 is 1.23 bits per heavy atom. The average Bonchev–Trinajstić information content (AvgIpc) is 2.88. The number of nitrogens with zero attached hydrogens (tertiary/aromatic N) is 3. The van der Waals surface area contributed by atoms with Crippen molar-refractivity contribution in [3.63, 3.8) is 0 Å². The van der Waals surface area contributed by atoms with Crippen LogP contribution in [0.4, 0.5) is 11.4 Å². The molecule has 1 aliphatic rings. The minimum Gasteiger partial charge on any atom is -0.371 e. The van der Waals surface area contributed by atoms with Crippen LogP contribution in [0.5, 0.6) is 0 Å². The van der Waals surface area contributed by atoms with Crippen LogP contribution in [-0.2, 0) is 4.79 Å². The topological polar surface area (TPSA) is 117 Å². The van der Waals surface area contributed by atoms with Crippen LogP contribution < -0.4 is 10.6 Å². The maximum Gasteiger partial charge on any atom is 0.293 e. The summed E-state index contributed by atoms with van der Waals surface area (Å²) >= 11 is 0. The fourth-order valence-corrected chi connectivity index (χ4v) is 4.34. The number of hydrogen-bond acceptors (Lipinski definition) is 6.